The summed E-state index contributed by atoms with van der Waals surface area (Å²) in [7, 11) is 0. The topological polar surface area (TPSA) is 105 Å². The SMILES string of the molecule is CSc1nc(-c2ccc(Oc3cnccn3)cc2)c(C#N)c(=O)[nH]1. The molecule has 0 radical (unpaired) electrons. The lowest BCUT2D eigenvalue weighted by Gasteiger charge is -2.07. The summed E-state index contributed by atoms with van der Waals surface area (Å²) in [4.78, 5) is 26.8. The van der Waals surface area contributed by atoms with Crippen molar-refractivity contribution in [3.8, 4) is 29.0 Å². The summed E-state index contributed by atoms with van der Waals surface area (Å²) < 4.78 is 5.56. The van der Waals surface area contributed by atoms with E-state index < -0.39 is 5.56 Å². The van der Waals surface area contributed by atoms with Gasteiger partial charge in [-0.1, -0.05) is 11.8 Å². The number of H-pyrrole nitrogens is 1. The zero-order chi connectivity index (χ0) is 16.9. The maximum atomic E-state index is 12.0. The third-order valence-electron chi connectivity index (χ3n) is 3.09. The highest BCUT2D eigenvalue weighted by Gasteiger charge is 2.13. The second-order valence-corrected chi connectivity index (χ2v) is 5.38. The standard InChI is InChI=1S/C16H11N5O2S/c1-24-16-20-14(12(8-17)15(22)21-16)10-2-4-11(5-3-10)23-13-9-18-6-7-19-13/h2-7,9H,1H3,(H,20,21,22). The summed E-state index contributed by atoms with van der Waals surface area (Å²) in [5.74, 6) is 0.939. The molecule has 0 aliphatic heterocycles. The largest absolute Gasteiger partial charge is 0.438 e. The number of aromatic amines is 1. The molecule has 2 heterocycles. The maximum absolute atomic E-state index is 12.0. The molecule has 1 aromatic carbocycles. The molecule has 3 rings (SSSR count). The monoisotopic (exact) mass is 337 g/mol. The summed E-state index contributed by atoms with van der Waals surface area (Å²) in [6.07, 6.45) is 6.39. The molecular formula is C16H11N5O2S. The van der Waals surface area contributed by atoms with Gasteiger partial charge in [-0.15, -0.1) is 0 Å². The Morgan fingerprint density at radius 3 is 2.67 bits per heavy atom. The van der Waals surface area contributed by atoms with Gasteiger partial charge in [0.15, 0.2) is 5.16 Å². The molecule has 3 aromatic rings. The van der Waals surface area contributed by atoms with Crippen molar-refractivity contribution in [2.24, 2.45) is 0 Å². The Hall–Kier alpha value is -3.18. The molecule has 1 N–H and O–H groups in total. The molecule has 0 fully saturated rings. The summed E-state index contributed by atoms with van der Waals surface area (Å²) in [6.45, 7) is 0. The van der Waals surface area contributed by atoms with E-state index in [2.05, 4.69) is 19.9 Å². The fraction of sp³-hybridized carbons (Fsp3) is 0.0625. The molecule has 8 heteroatoms. The van der Waals surface area contributed by atoms with Gasteiger partial charge in [0.1, 0.15) is 17.4 Å². The highest BCUT2D eigenvalue weighted by molar-refractivity contribution is 7.98. The lowest BCUT2D eigenvalue weighted by atomic mass is 10.1. The second-order valence-electron chi connectivity index (χ2n) is 4.58. The van der Waals surface area contributed by atoms with E-state index in [1.54, 1.807) is 36.7 Å². The lowest BCUT2D eigenvalue weighted by Crippen LogP contribution is -2.14. The van der Waals surface area contributed by atoms with Crippen LogP contribution in [0, 0.1) is 11.3 Å². The Balaban J connectivity index is 1.95. The van der Waals surface area contributed by atoms with Crippen LogP contribution in [0.4, 0.5) is 0 Å². The molecule has 2 aromatic heterocycles. The first-order valence-corrected chi connectivity index (χ1v) is 8.06. The van der Waals surface area contributed by atoms with E-state index in [1.807, 2.05) is 6.07 Å². The number of nitriles is 1. The van der Waals surface area contributed by atoms with Gasteiger partial charge in [-0.3, -0.25) is 9.78 Å². The van der Waals surface area contributed by atoms with E-state index in [-0.39, 0.29) is 5.56 Å². The average molecular weight is 337 g/mol. The van der Waals surface area contributed by atoms with Gasteiger partial charge in [0, 0.05) is 18.0 Å². The van der Waals surface area contributed by atoms with Crippen molar-refractivity contribution in [1.29, 1.82) is 5.26 Å². The van der Waals surface area contributed by atoms with Crippen LogP contribution in [-0.4, -0.2) is 26.2 Å². The molecule has 0 bridgehead atoms. The van der Waals surface area contributed by atoms with Gasteiger partial charge < -0.3 is 9.72 Å². The molecule has 0 aliphatic rings. The highest BCUT2D eigenvalue weighted by Crippen LogP contribution is 2.25. The molecule has 7 nitrogen and oxygen atoms in total. The van der Waals surface area contributed by atoms with Crippen molar-refractivity contribution in [3.05, 3.63) is 58.8 Å². The Morgan fingerprint density at radius 1 is 1.25 bits per heavy atom. The van der Waals surface area contributed by atoms with E-state index in [0.29, 0.717) is 28.0 Å². The first-order chi connectivity index (χ1) is 11.7. The Bertz CT molecular complexity index is 949. The van der Waals surface area contributed by atoms with E-state index in [1.165, 1.54) is 24.2 Å². The number of hydrogen-bond acceptors (Lipinski definition) is 7. The van der Waals surface area contributed by atoms with Gasteiger partial charge in [-0.25, -0.2) is 9.97 Å². The molecule has 0 unspecified atom stereocenters. The van der Waals surface area contributed by atoms with Crippen molar-refractivity contribution in [1.82, 2.24) is 19.9 Å². The van der Waals surface area contributed by atoms with Crippen molar-refractivity contribution < 1.29 is 4.74 Å². The van der Waals surface area contributed by atoms with Crippen LogP contribution >= 0.6 is 11.8 Å². The summed E-state index contributed by atoms with van der Waals surface area (Å²) >= 11 is 1.30. The molecule has 0 spiro atoms. The number of rotatable bonds is 4. The predicted octanol–water partition coefficient (Wildman–Crippen LogP) is 2.61. The number of hydrogen-bond donors (Lipinski definition) is 1. The van der Waals surface area contributed by atoms with Gasteiger partial charge in [-0.2, -0.15) is 5.26 Å². The van der Waals surface area contributed by atoms with Crippen molar-refractivity contribution in [3.63, 3.8) is 0 Å². The summed E-state index contributed by atoms with van der Waals surface area (Å²) in [5.41, 5.74) is 0.526. The number of thioether (sulfide) groups is 1. The Labute approximate surface area is 141 Å². The minimum atomic E-state index is -0.452. The quantitative estimate of drug-likeness (QED) is 0.576. The van der Waals surface area contributed by atoms with Gasteiger partial charge in [0.2, 0.25) is 5.88 Å². The molecular weight excluding hydrogens is 326 g/mol. The molecule has 0 aliphatic carbocycles. The zero-order valence-electron chi connectivity index (χ0n) is 12.6. The smallest absolute Gasteiger partial charge is 0.270 e. The molecule has 0 saturated carbocycles. The van der Waals surface area contributed by atoms with Crippen LogP contribution in [0.5, 0.6) is 11.6 Å². The molecule has 24 heavy (non-hydrogen) atoms. The number of benzene rings is 1. The van der Waals surface area contributed by atoms with Crippen molar-refractivity contribution >= 4 is 11.8 Å². The third kappa shape index (κ3) is 3.26. The number of nitrogens with zero attached hydrogens (tertiary/aromatic N) is 4. The van der Waals surface area contributed by atoms with E-state index in [0.717, 1.165) is 0 Å². The minimum absolute atomic E-state index is 0.0182. The first-order valence-electron chi connectivity index (χ1n) is 6.84. The third-order valence-corrected chi connectivity index (χ3v) is 3.67. The van der Waals surface area contributed by atoms with Crippen LogP contribution in [0.1, 0.15) is 5.56 Å². The van der Waals surface area contributed by atoms with Crippen LogP contribution in [0.2, 0.25) is 0 Å². The van der Waals surface area contributed by atoms with Gasteiger partial charge in [0.05, 0.1) is 11.9 Å². The number of aromatic nitrogens is 4. The maximum Gasteiger partial charge on any atom is 0.270 e. The summed E-state index contributed by atoms with van der Waals surface area (Å²) in [5, 5.41) is 9.67. The van der Waals surface area contributed by atoms with Crippen LogP contribution in [0.25, 0.3) is 11.3 Å². The van der Waals surface area contributed by atoms with E-state index in [4.69, 9.17) is 4.74 Å². The van der Waals surface area contributed by atoms with Crippen LogP contribution in [0.3, 0.4) is 0 Å². The molecule has 0 amide bonds. The average Bonchev–Trinajstić information content (AvgIpc) is 2.62. The Morgan fingerprint density at radius 2 is 2.04 bits per heavy atom. The van der Waals surface area contributed by atoms with Gasteiger partial charge >= 0.3 is 0 Å². The van der Waals surface area contributed by atoms with Gasteiger partial charge in [-0.05, 0) is 30.5 Å². The van der Waals surface area contributed by atoms with Crippen LogP contribution in [0.15, 0.2) is 52.8 Å². The van der Waals surface area contributed by atoms with Crippen LogP contribution in [-0.2, 0) is 0 Å². The molecule has 118 valence electrons. The predicted molar refractivity (Wildman–Crippen MR) is 88.9 cm³/mol. The van der Waals surface area contributed by atoms with E-state index in [9.17, 15) is 10.1 Å². The highest BCUT2D eigenvalue weighted by atomic mass is 32.2. The second kappa shape index (κ2) is 6.93. The molecule has 0 atom stereocenters. The normalized spacial score (nSPS) is 10.2. The van der Waals surface area contributed by atoms with Gasteiger partial charge in [0.25, 0.3) is 5.56 Å². The Kier molecular flexibility index (Phi) is 4.54. The lowest BCUT2D eigenvalue weighted by molar-refractivity contribution is 0.460. The van der Waals surface area contributed by atoms with Crippen molar-refractivity contribution in [2.45, 2.75) is 5.16 Å². The summed E-state index contributed by atoms with van der Waals surface area (Å²) in [6, 6.07) is 8.80. The fourth-order valence-electron chi connectivity index (χ4n) is 2.00. The zero-order valence-corrected chi connectivity index (χ0v) is 13.4. The molecule has 0 saturated heterocycles. The fourth-order valence-corrected chi connectivity index (χ4v) is 2.38. The first kappa shape index (κ1) is 15.7. The number of ether oxygens (including phenoxy) is 1. The van der Waals surface area contributed by atoms with Crippen molar-refractivity contribution in [2.75, 3.05) is 6.26 Å². The van der Waals surface area contributed by atoms with E-state index >= 15 is 0 Å². The van der Waals surface area contributed by atoms with Crippen LogP contribution < -0.4 is 10.3 Å². The number of nitrogens with one attached hydrogen (secondary N) is 1. The minimum Gasteiger partial charge on any atom is -0.438 e.